The summed E-state index contributed by atoms with van der Waals surface area (Å²) in [6.07, 6.45) is -1.59. The van der Waals surface area contributed by atoms with Gasteiger partial charge >= 0.3 is 5.69 Å². The van der Waals surface area contributed by atoms with Crippen LogP contribution in [0.15, 0.2) is 39.9 Å². The number of para-hydroxylation sites is 1. The first kappa shape index (κ1) is 20.6. The molecule has 0 fully saturated rings. The van der Waals surface area contributed by atoms with E-state index in [9.17, 15) is 19.8 Å². The normalized spacial score (nSPS) is 13.4. The smallest absolute Gasteiger partial charge is 0.332 e. The van der Waals surface area contributed by atoms with Crippen molar-refractivity contribution in [2.45, 2.75) is 25.7 Å². The largest absolute Gasteiger partial charge is 0.491 e. The van der Waals surface area contributed by atoms with Crippen molar-refractivity contribution in [1.82, 2.24) is 18.7 Å². The molecule has 0 saturated carbocycles. The van der Waals surface area contributed by atoms with Crippen LogP contribution in [0.1, 0.15) is 6.92 Å². The van der Waals surface area contributed by atoms with E-state index in [2.05, 4.69) is 10.3 Å². The van der Waals surface area contributed by atoms with Crippen LogP contribution in [0.4, 0.5) is 5.95 Å². The summed E-state index contributed by atoms with van der Waals surface area (Å²) in [4.78, 5) is 29.3. The molecule has 1 aromatic carbocycles. The first-order chi connectivity index (χ1) is 13.8. The summed E-state index contributed by atoms with van der Waals surface area (Å²) >= 11 is 0. The molecule has 0 aliphatic carbocycles. The van der Waals surface area contributed by atoms with E-state index in [1.165, 1.54) is 23.2 Å². The number of nitrogens with one attached hydrogen (secondary N) is 1. The average molecular weight is 403 g/mol. The summed E-state index contributed by atoms with van der Waals surface area (Å²) in [5.74, 6) is 0.894. The lowest BCUT2D eigenvalue weighted by Crippen LogP contribution is -2.38. The molecule has 0 bridgehead atoms. The minimum atomic E-state index is -0.943. The van der Waals surface area contributed by atoms with Crippen molar-refractivity contribution in [3.63, 3.8) is 0 Å². The molecule has 0 spiro atoms. The van der Waals surface area contributed by atoms with Crippen LogP contribution in [0.25, 0.3) is 11.2 Å². The predicted octanol–water partition coefficient (Wildman–Crippen LogP) is -0.334. The van der Waals surface area contributed by atoms with Crippen LogP contribution >= 0.6 is 0 Å². The molecule has 2 atom stereocenters. The van der Waals surface area contributed by atoms with Crippen LogP contribution < -0.4 is 21.3 Å². The Morgan fingerprint density at radius 3 is 2.48 bits per heavy atom. The van der Waals surface area contributed by atoms with Gasteiger partial charge in [0.15, 0.2) is 11.2 Å². The number of aryl methyl sites for hydroxylation is 1. The number of aliphatic hydroxyl groups is 2. The third kappa shape index (κ3) is 4.33. The Bertz CT molecular complexity index is 1100. The minimum absolute atomic E-state index is 0.00556. The molecule has 3 rings (SSSR count). The molecule has 0 aliphatic rings. The minimum Gasteiger partial charge on any atom is -0.491 e. The van der Waals surface area contributed by atoms with E-state index in [1.807, 2.05) is 18.2 Å². The number of hydrogen-bond donors (Lipinski definition) is 3. The number of fused-ring (bicyclic) bond motifs is 1. The molecule has 0 saturated heterocycles. The van der Waals surface area contributed by atoms with Crippen LogP contribution in [0.3, 0.4) is 0 Å². The van der Waals surface area contributed by atoms with E-state index >= 15 is 0 Å². The highest BCUT2D eigenvalue weighted by atomic mass is 16.5. The van der Waals surface area contributed by atoms with Gasteiger partial charge in [-0.25, -0.2) is 4.79 Å². The van der Waals surface area contributed by atoms with Gasteiger partial charge in [-0.15, -0.1) is 0 Å². The number of imidazole rings is 1. The molecule has 0 radical (unpaired) electrons. The molecule has 2 heterocycles. The number of aliphatic hydroxyl groups excluding tert-OH is 2. The zero-order chi connectivity index (χ0) is 21.1. The van der Waals surface area contributed by atoms with Gasteiger partial charge in [-0.1, -0.05) is 18.2 Å². The van der Waals surface area contributed by atoms with Crippen LogP contribution in [0, 0.1) is 0 Å². The second-order valence-electron chi connectivity index (χ2n) is 6.93. The van der Waals surface area contributed by atoms with Gasteiger partial charge in [0.1, 0.15) is 18.5 Å². The highest BCUT2D eigenvalue weighted by Crippen LogP contribution is 2.17. The molecule has 2 unspecified atom stereocenters. The Labute approximate surface area is 166 Å². The topological polar surface area (TPSA) is 124 Å². The standard InChI is InChI=1S/C19H25N5O5/c1-12(25)9-20-18-21-16-15(17(27)23(3)19(28)22(16)2)24(18)10-13(26)11-29-14-7-5-4-6-8-14/h4-8,12-13,25-26H,9-11H2,1-3H3,(H,20,21). The summed E-state index contributed by atoms with van der Waals surface area (Å²) in [7, 11) is 2.91. The SMILES string of the molecule is CC(O)CNc1nc2c(c(=O)n(C)c(=O)n2C)n1CC(O)COc1ccccc1. The van der Waals surface area contributed by atoms with Crippen molar-refractivity contribution in [1.29, 1.82) is 0 Å². The summed E-state index contributed by atoms with van der Waals surface area (Å²) < 4.78 is 9.36. The molecule has 0 aliphatic heterocycles. The Kier molecular flexibility index (Phi) is 6.04. The number of aromatic nitrogens is 4. The molecule has 3 aromatic rings. The van der Waals surface area contributed by atoms with E-state index < -0.39 is 23.5 Å². The third-order valence-electron chi connectivity index (χ3n) is 4.48. The van der Waals surface area contributed by atoms with Crippen LogP contribution in [-0.2, 0) is 20.6 Å². The van der Waals surface area contributed by atoms with Crippen molar-refractivity contribution < 1.29 is 14.9 Å². The molecule has 29 heavy (non-hydrogen) atoms. The fraction of sp³-hybridized carbons (Fsp3) is 0.421. The number of ether oxygens (including phenoxy) is 1. The lowest BCUT2D eigenvalue weighted by molar-refractivity contribution is 0.0938. The number of anilines is 1. The monoisotopic (exact) mass is 403 g/mol. The van der Waals surface area contributed by atoms with Crippen molar-refractivity contribution in [3.05, 3.63) is 51.2 Å². The fourth-order valence-electron chi connectivity index (χ4n) is 2.97. The molecular formula is C19H25N5O5. The lowest BCUT2D eigenvalue weighted by atomic mass is 10.3. The number of hydrogen-bond acceptors (Lipinski definition) is 7. The molecule has 2 aromatic heterocycles. The van der Waals surface area contributed by atoms with E-state index in [0.29, 0.717) is 5.75 Å². The van der Waals surface area contributed by atoms with Gasteiger partial charge in [-0.2, -0.15) is 4.98 Å². The van der Waals surface area contributed by atoms with Gasteiger partial charge in [-0.05, 0) is 19.1 Å². The van der Waals surface area contributed by atoms with Gasteiger partial charge in [0.25, 0.3) is 5.56 Å². The van der Waals surface area contributed by atoms with E-state index in [1.54, 1.807) is 19.1 Å². The lowest BCUT2D eigenvalue weighted by Gasteiger charge is -2.16. The summed E-state index contributed by atoms with van der Waals surface area (Å²) in [5, 5.41) is 23.0. The number of nitrogens with zero attached hydrogens (tertiary/aromatic N) is 4. The molecule has 10 nitrogen and oxygen atoms in total. The Balaban J connectivity index is 1.96. The highest BCUT2D eigenvalue weighted by Gasteiger charge is 2.21. The van der Waals surface area contributed by atoms with Gasteiger partial charge in [0.05, 0.1) is 12.6 Å². The Morgan fingerprint density at radius 2 is 1.83 bits per heavy atom. The first-order valence-corrected chi connectivity index (χ1v) is 9.23. The van der Waals surface area contributed by atoms with Gasteiger partial charge in [0.2, 0.25) is 5.95 Å². The van der Waals surface area contributed by atoms with E-state index in [-0.39, 0.29) is 36.8 Å². The maximum atomic E-state index is 12.7. The van der Waals surface area contributed by atoms with E-state index in [4.69, 9.17) is 4.74 Å². The fourth-order valence-corrected chi connectivity index (χ4v) is 2.97. The van der Waals surface area contributed by atoms with Crippen molar-refractivity contribution in [2.24, 2.45) is 14.1 Å². The second kappa shape index (κ2) is 8.50. The molecular weight excluding hydrogens is 378 g/mol. The molecule has 0 amide bonds. The van der Waals surface area contributed by atoms with Crippen molar-refractivity contribution in [2.75, 3.05) is 18.5 Å². The van der Waals surface area contributed by atoms with Crippen LogP contribution in [-0.4, -0.2) is 54.3 Å². The second-order valence-corrected chi connectivity index (χ2v) is 6.93. The maximum absolute atomic E-state index is 12.7. The zero-order valence-electron chi connectivity index (χ0n) is 16.6. The Hall–Kier alpha value is -3.11. The molecule has 3 N–H and O–H groups in total. The number of rotatable bonds is 8. The highest BCUT2D eigenvalue weighted by molar-refractivity contribution is 5.74. The zero-order valence-corrected chi connectivity index (χ0v) is 16.6. The van der Waals surface area contributed by atoms with Crippen molar-refractivity contribution >= 4 is 17.1 Å². The summed E-state index contributed by atoms with van der Waals surface area (Å²) in [6.45, 7) is 1.82. The Morgan fingerprint density at radius 1 is 1.14 bits per heavy atom. The van der Waals surface area contributed by atoms with Crippen molar-refractivity contribution in [3.8, 4) is 5.75 Å². The van der Waals surface area contributed by atoms with E-state index in [0.717, 1.165) is 4.57 Å². The van der Waals surface area contributed by atoms with Gasteiger partial charge < -0.3 is 24.8 Å². The van der Waals surface area contributed by atoms with Gasteiger partial charge in [-0.3, -0.25) is 13.9 Å². The predicted molar refractivity (Wildman–Crippen MR) is 108 cm³/mol. The van der Waals surface area contributed by atoms with Crippen LogP contribution in [0.2, 0.25) is 0 Å². The molecule has 156 valence electrons. The summed E-state index contributed by atoms with van der Waals surface area (Å²) in [6, 6.07) is 9.07. The maximum Gasteiger partial charge on any atom is 0.332 e. The third-order valence-corrected chi connectivity index (χ3v) is 4.48. The quantitative estimate of drug-likeness (QED) is 0.470. The first-order valence-electron chi connectivity index (χ1n) is 9.23. The van der Waals surface area contributed by atoms with Gasteiger partial charge in [0, 0.05) is 20.6 Å². The average Bonchev–Trinajstić information content (AvgIpc) is 3.06. The summed E-state index contributed by atoms with van der Waals surface area (Å²) in [5.41, 5.74) is -0.636. The number of benzene rings is 1. The van der Waals surface area contributed by atoms with Crippen LogP contribution in [0.5, 0.6) is 5.75 Å². The molecule has 10 heteroatoms.